The summed E-state index contributed by atoms with van der Waals surface area (Å²) < 4.78 is 38.7. The third-order valence-corrected chi connectivity index (χ3v) is 6.99. The molecule has 0 spiro atoms. The van der Waals surface area contributed by atoms with Crippen LogP contribution in [-0.4, -0.2) is 48.2 Å². The number of hydrogen-bond acceptors (Lipinski definition) is 7. The standard InChI is InChI=1S/C30H23FN2O6/c31-20-12-10-18(11-13-20)15-33-23-9-5-4-8-21(23)26(22(14-32)29(33)34)38-24-16-36-28-25(17-37-27(24)28)39-30(35)19-6-2-1-3-7-19/h1-13,24-25,27-28H,15-17H2/t24?,25-,27+,28+/m0/s1. The monoisotopic (exact) mass is 526 g/mol. The van der Waals surface area contributed by atoms with E-state index in [-0.39, 0.29) is 36.9 Å². The summed E-state index contributed by atoms with van der Waals surface area (Å²) in [6.07, 6.45) is -2.34. The summed E-state index contributed by atoms with van der Waals surface area (Å²) in [5, 5.41) is 10.6. The Morgan fingerprint density at radius 1 is 0.949 bits per heavy atom. The zero-order valence-electron chi connectivity index (χ0n) is 20.7. The third kappa shape index (κ3) is 4.65. The summed E-state index contributed by atoms with van der Waals surface area (Å²) in [4.78, 5) is 26.0. The number of nitriles is 1. The largest absolute Gasteiger partial charge is 0.483 e. The van der Waals surface area contributed by atoms with Crippen molar-refractivity contribution >= 4 is 16.9 Å². The van der Waals surface area contributed by atoms with Crippen LogP contribution in [0.2, 0.25) is 0 Å². The van der Waals surface area contributed by atoms with E-state index in [0.29, 0.717) is 22.0 Å². The van der Waals surface area contributed by atoms with E-state index < -0.39 is 35.9 Å². The number of carbonyl (C=O) groups excluding carboxylic acids is 1. The highest BCUT2D eigenvalue weighted by Gasteiger charge is 2.51. The zero-order valence-corrected chi connectivity index (χ0v) is 20.7. The predicted molar refractivity (Wildman–Crippen MR) is 138 cm³/mol. The molecule has 8 nitrogen and oxygen atoms in total. The number of esters is 1. The molecule has 0 amide bonds. The number of halogens is 1. The van der Waals surface area contributed by atoms with Crippen LogP contribution in [0.25, 0.3) is 10.9 Å². The van der Waals surface area contributed by atoms with Gasteiger partial charge in [0.25, 0.3) is 5.56 Å². The van der Waals surface area contributed by atoms with E-state index in [1.807, 2.05) is 12.1 Å². The number of carbonyl (C=O) groups is 1. The van der Waals surface area contributed by atoms with Gasteiger partial charge in [-0.2, -0.15) is 5.26 Å². The molecule has 6 rings (SSSR count). The summed E-state index contributed by atoms with van der Waals surface area (Å²) in [7, 11) is 0. The molecule has 2 saturated heterocycles. The van der Waals surface area contributed by atoms with Crippen LogP contribution in [0.15, 0.2) is 83.7 Å². The smallest absolute Gasteiger partial charge is 0.338 e. The van der Waals surface area contributed by atoms with Gasteiger partial charge in [-0.1, -0.05) is 42.5 Å². The molecule has 0 radical (unpaired) electrons. The number of para-hydroxylation sites is 1. The molecule has 196 valence electrons. The number of fused-ring (bicyclic) bond motifs is 2. The van der Waals surface area contributed by atoms with Crippen LogP contribution in [0.1, 0.15) is 21.5 Å². The van der Waals surface area contributed by atoms with Crippen molar-refractivity contribution in [3.8, 4) is 11.8 Å². The lowest BCUT2D eigenvalue weighted by Crippen LogP contribution is -2.37. The van der Waals surface area contributed by atoms with E-state index in [2.05, 4.69) is 0 Å². The van der Waals surface area contributed by atoms with E-state index >= 15 is 0 Å². The van der Waals surface area contributed by atoms with Crippen molar-refractivity contribution < 1.29 is 28.1 Å². The fourth-order valence-corrected chi connectivity index (χ4v) is 5.09. The molecule has 0 bridgehead atoms. The SMILES string of the molecule is N#Cc1c(OC2CO[C@@H]3[C@@H](OC(=O)c4ccccc4)CO[C@H]23)c2ccccc2n(Cc2ccc(F)cc2)c1=O. The van der Waals surface area contributed by atoms with Gasteiger partial charge in [0, 0.05) is 5.39 Å². The molecule has 3 aromatic carbocycles. The number of nitrogens with zero attached hydrogens (tertiary/aromatic N) is 2. The lowest BCUT2D eigenvalue weighted by Gasteiger charge is -2.21. The summed E-state index contributed by atoms with van der Waals surface area (Å²) in [5.74, 6) is -0.697. The Kier molecular flexibility index (Phi) is 6.57. The molecule has 0 aliphatic carbocycles. The van der Waals surface area contributed by atoms with Gasteiger partial charge in [0.2, 0.25) is 0 Å². The number of rotatable bonds is 6. The molecular weight excluding hydrogens is 503 g/mol. The normalized spacial score (nSPS) is 21.8. The quantitative estimate of drug-likeness (QED) is 0.352. The summed E-state index contributed by atoms with van der Waals surface area (Å²) >= 11 is 0. The molecule has 9 heteroatoms. The Morgan fingerprint density at radius 2 is 1.62 bits per heavy atom. The van der Waals surface area contributed by atoms with Gasteiger partial charge < -0.3 is 23.5 Å². The van der Waals surface area contributed by atoms with Gasteiger partial charge in [0.05, 0.1) is 30.8 Å². The first-order valence-corrected chi connectivity index (χ1v) is 12.5. The van der Waals surface area contributed by atoms with Crippen molar-refractivity contribution in [2.75, 3.05) is 13.2 Å². The molecule has 4 atom stereocenters. The number of aromatic nitrogens is 1. The average Bonchev–Trinajstić information content (AvgIpc) is 3.55. The Bertz CT molecular complexity index is 1630. The first-order valence-electron chi connectivity index (χ1n) is 12.5. The second-order valence-corrected chi connectivity index (χ2v) is 9.41. The molecule has 1 unspecified atom stereocenters. The highest BCUT2D eigenvalue weighted by molar-refractivity contribution is 5.89. The fourth-order valence-electron chi connectivity index (χ4n) is 5.09. The van der Waals surface area contributed by atoms with Crippen LogP contribution >= 0.6 is 0 Å². The van der Waals surface area contributed by atoms with E-state index in [0.717, 1.165) is 0 Å². The van der Waals surface area contributed by atoms with Gasteiger partial charge in [-0.25, -0.2) is 9.18 Å². The maximum Gasteiger partial charge on any atom is 0.338 e. The van der Waals surface area contributed by atoms with Crippen LogP contribution in [0.4, 0.5) is 4.39 Å². The van der Waals surface area contributed by atoms with Gasteiger partial charge in [0.1, 0.15) is 24.1 Å². The zero-order chi connectivity index (χ0) is 26.9. The third-order valence-electron chi connectivity index (χ3n) is 6.99. The number of hydrogen-bond donors (Lipinski definition) is 0. The summed E-state index contributed by atoms with van der Waals surface area (Å²) in [5.41, 5.74) is 1.04. The van der Waals surface area contributed by atoms with Gasteiger partial charge in [-0.15, -0.1) is 0 Å². The predicted octanol–water partition coefficient (Wildman–Crippen LogP) is 3.83. The van der Waals surface area contributed by atoms with Gasteiger partial charge in [-0.05, 0) is 42.0 Å². The maximum atomic E-state index is 13.5. The molecule has 2 aliphatic heterocycles. The summed E-state index contributed by atoms with van der Waals surface area (Å²) in [6.45, 7) is 0.425. The van der Waals surface area contributed by atoms with Crippen molar-refractivity contribution in [1.29, 1.82) is 5.26 Å². The Morgan fingerprint density at radius 3 is 2.36 bits per heavy atom. The minimum atomic E-state index is -0.627. The lowest BCUT2D eigenvalue weighted by molar-refractivity contribution is -0.0189. The Labute approximate surface area is 222 Å². The van der Waals surface area contributed by atoms with Crippen LogP contribution in [0.3, 0.4) is 0 Å². The van der Waals surface area contributed by atoms with E-state index in [1.54, 1.807) is 60.7 Å². The van der Waals surface area contributed by atoms with Gasteiger partial charge in [0.15, 0.2) is 23.5 Å². The number of ether oxygens (including phenoxy) is 4. The molecule has 3 heterocycles. The minimum absolute atomic E-state index is 0.132. The van der Waals surface area contributed by atoms with Crippen molar-refractivity contribution in [1.82, 2.24) is 4.57 Å². The molecule has 2 fully saturated rings. The molecular formula is C30H23FN2O6. The van der Waals surface area contributed by atoms with Crippen LogP contribution in [0, 0.1) is 17.1 Å². The Balaban J connectivity index is 1.27. The summed E-state index contributed by atoms with van der Waals surface area (Å²) in [6, 6.07) is 23.7. The first kappa shape index (κ1) is 24.8. The molecule has 0 saturated carbocycles. The van der Waals surface area contributed by atoms with Crippen LogP contribution in [0.5, 0.6) is 5.75 Å². The van der Waals surface area contributed by atoms with E-state index in [1.165, 1.54) is 16.7 Å². The first-order chi connectivity index (χ1) is 19.0. The van der Waals surface area contributed by atoms with E-state index in [4.69, 9.17) is 18.9 Å². The lowest BCUT2D eigenvalue weighted by atomic mass is 10.1. The maximum absolute atomic E-state index is 13.5. The van der Waals surface area contributed by atoms with Crippen molar-refractivity contribution in [2.45, 2.75) is 31.0 Å². The second-order valence-electron chi connectivity index (χ2n) is 9.41. The highest BCUT2D eigenvalue weighted by atomic mass is 19.1. The molecule has 0 N–H and O–H groups in total. The van der Waals surface area contributed by atoms with Gasteiger partial charge in [-0.3, -0.25) is 4.79 Å². The highest BCUT2D eigenvalue weighted by Crippen LogP contribution is 2.35. The molecule has 4 aromatic rings. The second kappa shape index (κ2) is 10.3. The molecule has 1 aromatic heterocycles. The van der Waals surface area contributed by atoms with Crippen molar-refractivity contribution in [3.63, 3.8) is 0 Å². The van der Waals surface area contributed by atoms with Crippen molar-refractivity contribution in [3.05, 3.63) is 112 Å². The van der Waals surface area contributed by atoms with Crippen LogP contribution < -0.4 is 10.3 Å². The van der Waals surface area contributed by atoms with Crippen molar-refractivity contribution in [2.24, 2.45) is 0 Å². The van der Waals surface area contributed by atoms with Gasteiger partial charge >= 0.3 is 5.97 Å². The average molecular weight is 527 g/mol. The fraction of sp³-hybridized carbons (Fsp3) is 0.233. The number of pyridine rings is 1. The Hall–Kier alpha value is -4.52. The van der Waals surface area contributed by atoms with Crippen LogP contribution in [-0.2, 0) is 20.8 Å². The van der Waals surface area contributed by atoms with E-state index in [9.17, 15) is 19.2 Å². The topological polar surface area (TPSA) is 99.8 Å². The number of benzene rings is 3. The molecule has 39 heavy (non-hydrogen) atoms. The molecule has 2 aliphatic rings. The minimum Gasteiger partial charge on any atom is -0.483 e.